The molecule has 178 valence electrons. The maximum Gasteiger partial charge on any atom is 0.254 e. The second kappa shape index (κ2) is 10.5. The molecular formula is C22H23F2N7O2S. The first-order valence-corrected chi connectivity index (χ1v) is 11.4. The first-order valence-electron chi connectivity index (χ1n) is 10.6. The summed E-state index contributed by atoms with van der Waals surface area (Å²) in [4.78, 5) is 33.3. The van der Waals surface area contributed by atoms with Crippen molar-refractivity contribution < 1.29 is 18.4 Å². The van der Waals surface area contributed by atoms with Crippen molar-refractivity contribution in [2.75, 3.05) is 23.7 Å². The maximum absolute atomic E-state index is 14.2. The average molecular weight is 488 g/mol. The van der Waals surface area contributed by atoms with Crippen LogP contribution in [0.15, 0.2) is 36.7 Å². The second-order valence-electron chi connectivity index (χ2n) is 7.65. The van der Waals surface area contributed by atoms with E-state index in [9.17, 15) is 18.4 Å². The summed E-state index contributed by atoms with van der Waals surface area (Å²) in [5.41, 5.74) is 5.61. The van der Waals surface area contributed by atoms with Crippen molar-refractivity contribution in [3.63, 3.8) is 0 Å². The number of carbonyl (C=O) groups excluding carboxylic acids is 2. The van der Waals surface area contributed by atoms with Crippen molar-refractivity contribution in [2.24, 2.45) is 5.73 Å². The average Bonchev–Trinajstić information content (AvgIpc) is 3.53. The molecule has 0 spiro atoms. The zero-order valence-corrected chi connectivity index (χ0v) is 18.8. The molecule has 1 aliphatic rings. The summed E-state index contributed by atoms with van der Waals surface area (Å²) in [7, 11) is 0. The van der Waals surface area contributed by atoms with Crippen molar-refractivity contribution >= 4 is 39.8 Å². The second-order valence-corrected chi connectivity index (χ2v) is 8.76. The summed E-state index contributed by atoms with van der Waals surface area (Å²) in [5, 5.41) is 11.8. The number of aromatic nitrogens is 2. The van der Waals surface area contributed by atoms with Crippen LogP contribution in [0.25, 0.3) is 0 Å². The van der Waals surface area contributed by atoms with Gasteiger partial charge in [0, 0.05) is 42.5 Å². The van der Waals surface area contributed by atoms with Crippen molar-refractivity contribution in [3.8, 4) is 0 Å². The highest BCUT2D eigenvalue weighted by molar-refractivity contribution is 7.15. The quantitative estimate of drug-likeness (QED) is 0.297. The molecule has 0 unspecified atom stereocenters. The number of nitrogens with zero attached hydrogens (tertiary/aromatic N) is 2. The van der Waals surface area contributed by atoms with Crippen LogP contribution in [0.4, 0.5) is 25.4 Å². The zero-order chi connectivity index (χ0) is 24.1. The van der Waals surface area contributed by atoms with Crippen LogP contribution in [0.5, 0.6) is 0 Å². The van der Waals surface area contributed by atoms with E-state index in [1.165, 1.54) is 23.6 Å². The molecule has 2 aromatic heterocycles. The van der Waals surface area contributed by atoms with Gasteiger partial charge in [0.2, 0.25) is 0 Å². The van der Waals surface area contributed by atoms with E-state index in [0.717, 1.165) is 17.7 Å². The van der Waals surface area contributed by atoms with Gasteiger partial charge in [-0.05, 0) is 31.0 Å². The van der Waals surface area contributed by atoms with Crippen LogP contribution in [0.3, 0.4) is 0 Å². The molecule has 0 aliphatic heterocycles. The van der Waals surface area contributed by atoms with Crippen LogP contribution in [0.2, 0.25) is 0 Å². The lowest BCUT2D eigenvalue weighted by Crippen LogP contribution is -2.29. The Labute approximate surface area is 198 Å². The Balaban J connectivity index is 1.35. The van der Waals surface area contributed by atoms with Crippen LogP contribution in [-0.4, -0.2) is 40.9 Å². The Morgan fingerprint density at radius 1 is 1.09 bits per heavy atom. The lowest BCUT2D eigenvalue weighted by atomic mass is 10.1. The van der Waals surface area contributed by atoms with Gasteiger partial charge in [-0.25, -0.2) is 18.7 Å². The van der Waals surface area contributed by atoms with Crippen molar-refractivity contribution in [1.29, 1.82) is 0 Å². The SMILES string of the molecule is NCCNC(=O)c1ccc(Nc2ncc(CNc3cc(C(=O)NC4CC4)c(F)cc3F)s2)nc1. The van der Waals surface area contributed by atoms with Crippen LogP contribution in [0, 0.1) is 11.6 Å². The fourth-order valence-electron chi connectivity index (χ4n) is 2.98. The molecule has 6 N–H and O–H groups in total. The van der Waals surface area contributed by atoms with E-state index in [2.05, 4.69) is 31.2 Å². The monoisotopic (exact) mass is 487 g/mol. The van der Waals surface area contributed by atoms with Crippen molar-refractivity contribution in [2.45, 2.75) is 25.4 Å². The normalized spacial score (nSPS) is 12.8. The van der Waals surface area contributed by atoms with Gasteiger partial charge in [0.15, 0.2) is 5.13 Å². The van der Waals surface area contributed by atoms with Gasteiger partial charge in [0.25, 0.3) is 11.8 Å². The topological polar surface area (TPSA) is 134 Å². The van der Waals surface area contributed by atoms with Gasteiger partial charge >= 0.3 is 0 Å². The van der Waals surface area contributed by atoms with E-state index in [1.807, 2.05) is 0 Å². The van der Waals surface area contributed by atoms with Gasteiger partial charge in [-0.15, -0.1) is 0 Å². The highest BCUT2D eigenvalue weighted by atomic mass is 32.1. The summed E-state index contributed by atoms with van der Waals surface area (Å²) < 4.78 is 28.3. The number of rotatable bonds is 10. The van der Waals surface area contributed by atoms with E-state index >= 15 is 0 Å². The molecular weight excluding hydrogens is 464 g/mol. The number of carbonyl (C=O) groups is 2. The van der Waals surface area contributed by atoms with E-state index in [0.29, 0.717) is 35.7 Å². The van der Waals surface area contributed by atoms with Gasteiger partial charge < -0.3 is 27.0 Å². The fourth-order valence-corrected chi connectivity index (χ4v) is 3.74. The molecule has 1 aromatic carbocycles. The van der Waals surface area contributed by atoms with Gasteiger partial charge in [-0.2, -0.15) is 0 Å². The molecule has 2 amide bonds. The van der Waals surface area contributed by atoms with Crippen LogP contribution in [0.1, 0.15) is 38.4 Å². The molecule has 9 nitrogen and oxygen atoms in total. The number of hydrogen-bond donors (Lipinski definition) is 5. The number of nitrogens with two attached hydrogens (primary N) is 1. The van der Waals surface area contributed by atoms with Crippen molar-refractivity contribution in [1.82, 2.24) is 20.6 Å². The van der Waals surface area contributed by atoms with E-state index < -0.39 is 17.5 Å². The van der Waals surface area contributed by atoms with Crippen LogP contribution >= 0.6 is 11.3 Å². The molecule has 12 heteroatoms. The van der Waals surface area contributed by atoms with E-state index in [1.54, 1.807) is 18.3 Å². The number of hydrogen-bond acceptors (Lipinski definition) is 8. The third-order valence-electron chi connectivity index (χ3n) is 4.91. The Bertz CT molecular complexity index is 1180. The fraction of sp³-hybridized carbons (Fsp3) is 0.273. The minimum atomic E-state index is -0.902. The number of benzene rings is 1. The van der Waals surface area contributed by atoms with Gasteiger partial charge in [-0.1, -0.05) is 11.3 Å². The number of thiazole rings is 1. The summed E-state index contributed by atoms with van der Waals surface area (Å²) in [6.45, 7) is 0.954. The van der Waals surface area contributed by atoms with Gasteiger partial charge in [0.05, 0.1) is 23.4 Å². The van der Waals surface area contributed by atoms with E-state index in [4.69, 9.17) is 5.73 Å². The highest BCUT2D eigenvalue weighted by Gasteiger charge is 2.25. The minimum absolute atomic E-state index is 0.0235. The smallest absolute Gasteiger partial charge is 0.254 e. The summed E-state index contributed by atoms with van der Waals surface area (Å²) in [5.74, 6) is -2.00. The lowest BCUT2D eigenvalue weighted by Gasteiger charge is -2.10. The molecule has 4 rings (SSSR count). The molecule has 0 bridgehead atoms. The number of halogens is 2. The summed E-state index contributed by atoms with van der Waals surface area (Å²) in [6, 6.07) is 5.23. The number of amides is 2. The Hall–Kier alpha value is -3.64. The van der Waals surface area contributed by atoms with Crippen LogP contribution in [-0.2, 0) is 6.54 Å². The van der Waals surface area contributed by atoms with Crippen molar-refractivity contribution in [3.05, 3.63) is 64.3 Å². The third kappa shape index (κ3) is 6.02. The predicted octanol–water partition coefficient (Wildman–Crippen LogP) is 2.75. The molecule has 0 saturated heterocycles. The van der Waals surface area contributed by atoms with Gasteiger partial charge in [0.1, 0.15) is 17.5 Å². The molecule has 34 heavy (non-hydrogen) atoms. The molecule has 1 saturated carbocycles. The lowest BCUT2D eigenvalue weighted by molar-refractivity contribution is 0.0941. The molecule has 1 aliphatic carbocycles. The molecule has 1 fully saturated rings. The number of nitrogens with one attached hydrogen (secondary N) is 4. The predicted molar refractivity (Wildman–Crippen MR) is 125 cm³/mol. The summed E-state index contributed by atoms with van der Waals surface area (Å²) >= 11 is 1.31. The molecule has 3 aromatic rings. The zero-order valence-electron chi connectivity index (χ0n) is 18.0. The minimum Gasteiger partial charge on any atom is -0.378 e. The number of anilines is 3. The Morgan fingerprint density at radius 2 is 1.91 bits per heavy atom. The van der Waals surface area contributed by atoms with Gasteiger partial charge in [-0.3, -0.25) is 9.59 Å². The Kier molecular flexibility index (Phi) is 7.28. The molecule has 2 heterocycles. The van der Waals surface area contributed by atoms with Crippen LogP contribution < -0.4 is 27.0 Å². The summed E-state index contributed by atoms with van der Waals surface area (Å²) in [6.07, 6.45) is 4.78. The number of pyridine rings is 1. The first kappa shape index (κ1) is 23.5. The third-order valence-corrected chi connectivity index (χ3v) is 5.82. The standard InChI is InChI=1S/C22H23F2N7O2S/c23-16-8-17(24)18(7-15(16)21(33)30-13-2-3-13)27-10-14-11-29-22(34-14)31-19-4-1-12(9-28-19)20(32)26-6-5-25/h1,4,7-9,11,13,27H,2-3,5-6,10,25H2,(H,26,32)(H,30,33)(H,28,29,31). The van der Waals surface area contributed by atoms with E-state index in [-0.39, 0.29) is 29.7 Å². The highest BCUT2D eigenvalue weighted by Crippen LogP contribution is 2.25. The molecule has 0 atom stereocenters. The largest absolute Gasteiger partial charge is 0.378 e. The first-order chi connectivity index (χ1) is 16.4. The molecule has 0 radical (unpaired) electrons. The maximum atomic E-state index is 14.2. The Morgan fingerprint density at radius 3 is 2.62 bits per heavy atom.